The number of aromatic nitrogens is 2. The quantitative estimate of drug-likeness (QED) is 0.752. The number of nitrogens with zero attached hydrogens (tertiary/aromatic N) is 4. The van der Waals surface area contributed by atoms with Crippen molar-refractivity contribution >= 4 is 11.6 Å². The molecule has 0 atom stereocenters. The molecule has 1 aromatic carbocycles. The summed E-state index contributed by atoms with van der Waals surface area (Å²) in [6, 6.07) is 4.48. The number of hydrogen-bond acceptors (Lipinski definition) is 4. The summed E-state index contributed by atoms with van der Waals surface area (Å²) < 4.78 is 22.7. The number of hydrogen-bond donors (Lipinski definition) is 0. The molecule has 7 nitrogen and oxygen atoms in total. The second kappa shape index (κ2) is 6.33. The van der Waals surface area contributed by atoms with Gasteiger partial charge in [-0.2, -0.15) is 5.26 Å². The zero-order valence-corrected chi connectivity index (χ0v) is 14.4. The van der Waals surface area contributed by atoms with Crippen LogP contribution in [0.25, 0.3) is 5.69 Å². The Hall–Kier alpha value is -3.52. The van der Waals surface area contributed by atoms with Gasteiger partial charge in [-0.25, -0.2) is 13.8 Å². The molecule has 136 valence electrons. The first-order valence-corrected chi connectivity index (χ1v) is 8.52. The Bertz CT molecular complexity index is 1100. The number of fused-ring (bicyclic) bond motifs is 2. The third-order valence-electron chi connectivity index (χ3n) is 4.86. The van der Waals surface area contributed by atoms with Crippen LogP contribution in [0.3, 0.4) is 0 Å². The monoisotopic (exact) mass is 366 g/mol. The third kappa shape index (κ3) is 2.49. The minimum Gasteiger partial charge on any atom is -0.481 e. The SMILES string of the molecule is C#CCN1C(=O)COc2cc(F)c(-n3c(C#N)c4n(c3=O)CCCC4)cc21. The van der Waals surface area contributed by atoms with E-state index in [1.54, 1.807) is 0 Å². The number of carbonyl (C=O) groups is 1. The molecule has 2 aliphatic heterocycles. The number of nitriles is 1. The van der Waals surface area contributed by atoms with Gasteiger partial charge < -0.3 is 4.74 Å². The van der Waals surface area contributed by atoms with Crippen LogP contribution in [0.15, 0.2) is 16.9 Å². The summed E-state index contributed by atoms with van der Waals surface area (Å²) in [5, 5.41) is 9.60. The highest BCUT2D eigenvalue weighted by Gasteiger charge is 2.30. The number of imidazole rings is 1. The van der Waals surface area contributed by atoms with E-state index in [-0.39, 0.29) is 41.9 Å². The normalized spacial score (nSPS) is 15.4. The topological polar surface area (TPSA) is 80.3 Å². The average molecular weight is 366 g/mol. The van der Waals surface area contributed by atoms with Crippen molar-refractivity contribution in [3.05, 3.63) is 39.8 Å². The molecule has 0 spiro atoms. The molecule has 0 bridgehead atoms. The van der Waals surface area contributed by atoms with Gasteiger partial charge in [0.15, 0.2) is 12.4 Å². The Morgan fingerprint density at radius 1 is 1.26 bits per heavy atom. The van der Waals surface area contributed by atoms with Crippen LogP contribution in [0.4, 0.5) is 10.1 Å². The second-order valence-electron chi connectivity index (χ2n) is 6.38. The lowest BCUT2D eigenvalue weighted by molar-refractivity contribution is -0.121. The maximum absolute atomic E-state index is 14.8. The molecule has 0 saturated carbocycles. The van der Waals surface area contributed by atoms with Crippen LogP contribution in [0.5, 0.6) is 5.75 Å². The molecule has 2 aliphatic rings. The summed E-state index contributed by atoms with van der Waals surface area (Å²) in [6.45, 7) is 0.247. The molecule has 1 aromatic heterocycles. The predicted molar refractivity (Wildman–Crippen MR) is 94.3 cm³/mol. The van der Waals surface area contributed by atoms with E-state index in [0.717, 1.165) is 23.5 Å². The molecule has 3 heterocycles. The number of carbonyl (C=O) groups excluding carboxylic acids is 1. The average Bonchev–Trinajstić information content (AvgIpc) is 2.96. The number of halogens is 1. The van der Waals surface area contributed by atoms with Gasteiger partial charge in [0.1, 0.15) is 17.5 Å². The van der Waals surface area contributed by atoms with Crippen molar-refractivity contribution in [3.63, 3.8) is 0 Å². The van der Waals surface area contributed by atoms with Gasteiger partial charge in [-0.3, -0.25) is 14.3 Å². The predicted octanol–water partition coefficient (Wildman–Crippen LogP) is 1.34. The molecule has 0 saturated heterocycles. The number of benzene rings is 1. The lowest BCUT2D eigenvalue weighted by Gasteiger charge is -2.28. The fourth-order valence-electron chi connectivity index (χ4n) is 3.62. The van der Waals surface area contributed by atoms with E-state index in [1.807, 2.05) is 6.07 Å². The van der Waals surface area contributed by atoms with E-state index >= 15 is 0 Å². The second-order valence-corrected chi connectivity index (χ2v) is 6.38. The largest absolute Gasteiger partial charge is 0.481 e. The van der Waals surface area contributed by atoms with Crippen molar-refractivity contribution in [2.45, 2.75) is 25.8 Å². The highest BCUT2D eigenvalue weighted by atomic mass is 19.1. The van der Waals surface area contributed by atoms with Gasteiger partial charge in [-0.1, -0.05) is 5.92 Å². The molecule has 4 rings (SSSR count). The fraction of sp³-hybridized carbons (Fsp3) is 0.316. The van der Waals surface area contributed by atoms with E-state index in [9.17, 15) is 19.2 Å². The lowest BCUT2D eigenvalue weighted by atomic mass is 10.1. The zero-order chi connectivity index (χ0) is 19.1. The summed E-state index contributed by atoms with van der Waals surface area (Å²) in [6.07, 6.45) is 7.61. The van der Waals surface area contributed by atoms with Crippen molar-refractivity contribution in [3.8, 4) is 29.8 Å². The van der Waals surface area contributed by atoms with Crippen molar-refractivity contribution < 1.29 is 13.9 Å². The minimum absolute atomic E-state index is 0.00741. The summed E-state index contributed by atoms with van der Waals surface area (Å²) >= 11 is 0. The molecule has 0 N–H and O–H groups in total. The van der Waals surface area contributed by atoms with E-state index < -0.39 is 11.5 Å². The molecule has 0 radical (unpaired) electrons. The fourth-order valence-corrected chi connectivity index (χ4v) is 3.62. The molecule has 27 heavy (non-hydrogen) atoms. The molecule has 0 aliphatic carbocycles. The lowest BCUT2D eigenvalue weighted by Crippen LogP contribution is -2.39. The van der Waals surface area contributed by atoms with Gasteiger partial charge in [-0.05, 0) is 25.3 Å². The standard InChI is InChI=1S/C19H15FN4O3/c1-2-6-22-15-9-14(12(20)8-17(15)27-11-18(22)25)24-16(10-21)13-5-3-4-7-23(13)19(24)26/h1,8-9H,3-7,11H2. The molecular weight excluding hydrogens is 351 g/mol. The van der Waals surface area contributed by atoms with E-state index in [2.05, 4.69) is 5.92 Å². The van der Waals surface area contributed by atoms with E-state index in [0.29, 0.717) is 18.7 Å². The van der Waals surface area contributed by atoms with Gasteiger partial charge in [0.2, 0.25) is 0 Å². The van der Waals surface area contributed by atoms with Crippen molar-refractivity contribution in [1.82, 2.24) is 9.13 Å². The highest BCUT2D eigenvalue weighted by molar-refractivity contribution is 5.98. The molecule has 2 aromatic rings. The summed E-state index contributed by atoms with van der Waals surface area (Å²) in [7, 11) is 0. The van der Waals surface area contributed by atoms with Crippen LogP contribution >= 0.6 is 0 Å². The van der Waals surface area contributed by atoms with Crippen molar-refractivity contribution in [1.29, 1.82) is 5.26 Å². The number of rotatable bonds is 2. The molecule has 1 amide bonds. The first-order valence-electron chi connectivity index (χ1n) is 8.52. The third-order valence-corrected chi connectivity index (χ3v) is 4.86. The van der Waals surface area contributed by atoms with Gasteiger partial charge in [0.05, 0.1) is 23.6 Å². The van der Waals surface area contributed by atoms with Crippen molar-refractivity contribution in [2.75, 3.05) is 18.1 Å². The first kappa shape index (κ1) is 16.9. The highest BCUT2D eigenvalue weighted by Crippen LogP contribution is 2.36. The van der Waals surface area contributed by atoms with Crippen LogP contribution < -0.4 is 15.3 Å². The molecule has 0 unspecified atom stereocenters. The van der Waals surface area contributed by atoms with Crippen LogP contribution in [0.1, 0.15) is 24.2 Å². The van der Waals surface area contributed by atoms with Gasteiger partial charge in [-0.15, -0.1) is 6.42 Å². The van der Waals surface area contributed by atoms with E-state index in [1.165, 1.54) is 15.5 Å². The number of ether oxygens (including phenoxy) is 1. The first-order chi connectivity index (χ1) is 13.1. The van der Waals surface area contributed by atoms with Gasteiger partial charge in [0.25, 0.3) is 5.91 Å². The van der Waals surface area contributed by atoms with Crippen LogP contribution in [0.2, 0.25) is 0 Å². The Labute approximate surface area is 154 Å². The number of amides is 1. The zero-order valence-electron chi connectivity index (χ0n) is 14.4. The minimum atomic E-state index is -0.717. The Balaban J connectivity index is 1.96. The maximum Gasteiger partial charge on any atom is 0.334 e. The molecule has 8 heteroatoms. The Kier molecular flexibility index (Phi) is 3.97. The number of terminal acetylenes is 1. The van der Waals surface area contributed by atoms with Crippen LogP contribution in [-0.4, -0.2) is 28.2 Å². The number of anilines is 1. The van der Waals surface area contributed by atoms with Gasteiger partial charge >= 0.3 is 5.69 Å². The molecular formula is C19H15FN4O3. The smallest absolute Gasteiger partial charge is 0.334 e. The molecule has 0 fully saturated rings. The Morgan fingerprint density at radius 2 is 2.07 bits per heavy atom. The van der Waals surface area contributed by atoms with Crippen LogP contribution in [0, 0.1) is 29.5 Å². The Morgan fingerprint density at radius 3 is 2.81 bits per heavy atom. The maximum atomic E-state index is 14.8. The van der Waals surface area contributed by atoms with Crippen LogP contribution in [-0.2, 0) is 17.8 Å². The van der Waals surface area contributed by atoms with E-state index in [4.69, 9.17) is 11.2 Å². The summed E-state index contributed by atoms with van der Waals surface area (Å²) in [5.41, 5.74) is 0.438. The summed E-state index contributed by atoms with van der Waals surface area (Å²) in [5.74, 6) is 1.48. The summed E-state index contributed by atoms with van der Waals surface area (Å²) in [4.78, 5) is 26.3. The van der Waals surface area contributed by atoms with Crippen molar-refractivity contribution in [2.24, 2.45) is 0 Å². The van der Waals surface area contributed by atoms with Gasteiger partial charge in [0, 0.05) is 12.6 Å².